The number of H-pyrrole nitrogens is 1. The zero-order valence-corrected chi connectivity index (χ0v) is 32.1. The van der Waals surface area contributed by atoms with Crippen molar-refractivity contribution in [3.8, 4) is 0 Å². The number of hydrogen-bond donors (Lipinski definition) is 4. The Labute approximate surface area is 331 Å². The van der Waals surface area contributed by atoms with Gasteiger partial charge in [-0.25, -0.2) is 0 Å². The smallest absolute Gasteiger partial charge is 0.269 e. The number of non-ortho nitro benzene ring substituents is 1. The first-order chi connectivity index (χ1) is 27.5. The molecule has 1 aromatic heterocycles. The fourth-order valence-corrected chi connectivity index (χ4v) is 9.56. The van der Waals surface area contributed by atoms with Gasteiger partial charge in [0.25, 0.3) is 11.6 Å². The number of nitrogens with two attached hydrogens (primary N) is 1. The van der Waals surface area contributed by atoms with E-state index in [0.29, 0.717) is 30.1 Å². The van der Waals surface area contributed by atoms with Crippen molar-refractivity contribution >= 4 is 51.5 Å². The molecule has 13 nitrogen and oxygen atoms in total. The predicted octanol–water partition coefficient (Wildman–Crippen LogP) is 4.96. The summed E-state index contributed by atoms with van der Waals surface area (Å²) in [5.41, 5.74) is 12.2. The number of nitrogens with one attached hydrogen (secondary N) is 3. The molecular formula is C44H49N7O6. The summed E-state index contributed by atoms with van der Waals surface area (Å²) in [7, 11) is 2.03. The van der Waals surface area contributed by atoms with Crippen molar-refractivity contribution in [1.29, 1.82) is 0 Å². The number of primary amides is 1. The molecule has 13 heteroatoms. The van der Waals surface area contributed by atoms with Gasteiger partial charge in [0.1, 0.15) is 18.1 Å². The molecule has 0 unspecified atom stereocenters. The number of hydrogen-bond acceptors (Lipinski definition) is 7. The third-order valence-corrected chi connectivity index (χ3v) is 12.6. The lowest BCUT2D eigenvalue weighted by Gasteiger charge is -2.39. The molecule has 0 bridgehead atoms. The quantitative estimate of drug-likeness (QED) is 0.116. The van der Waals surface area contributed by atoms with Crippen LogP contribution in [0.15, 0.2) is 79.0 Å². The monoisotopic (exact) mass is 771 g/mol. The van der Waals surface area contributed by atoms with E-state index in [1.807, 2.05) is 25.2 Å². The van der Waals surface area contributed by atoms with Crippen LogP contribution in [0.1, 0.15) is 67.2 Å². The Hall–Kier alpha value is -5.82. The minimum absolute atomic E-state index is 0.0103. The van der Waals surface area contributed by atoms with Gasteiger partial charge >= 0.3 is 0 Å². The standard InChI is InChI=1S/C44H49N7O6/c1-49-25-30(21-33-32-11-7-12-34-40(32)29(24-46-34)23-38(33)49)42(53)47-35(19-16-26-8-3-2-4-9-26)43(54)48-36(20-27-14-17-31(18-15-27)51(56)57)44(55)50-37-13-6-5-10-28(37)22-39(50)41(45)52/h5-7,10-15,17-18,21,24,26,30,35-36,38-39,46H,2-4,8-9,16,19-20,22-23,25H2,1H3,(H2,45,52)(H,47,53)(H,48,54)/t30-,35+,36+,38-,39+/m1/s1. The first kappa shape index (κ1) is 38.1. The normalized spacial score (nSPS) is 21.5. The molecule has 5 N–H and O–H groups in total. The Morgan fingerprint density at radius 2 is 1.70 bits per heavy atom. The molecule has 1 fully saturated rings. The summed E-state index contributed by atoms with van der Waals surface area (Å²) in [5.74, 6) is -2.05. The summed E-state index contributed by atoms with van der Waals surface area (Å²) in [5, 5.41) is 18.7. The molecule has 57 heavy (non-hydrogen) atoms. The molecule has 2 aliphatic carbocycles. The highest BCUT2D eigenvalue weighted by atomic mass is 16.6. The summed E-state index contributed by atoms with van der Waals surface area (Å²) in [4.78, 5) is 74.2. The van der Waals surface area contributed by atoms with Crippen LogP contribution < -0.4 is 21.3 Å². The van der Waals surface area contributed by atoms with Crippen LogP contribution in [-0.2, 0) is 38.4 Å². The number of carbonyl (C=O) groups is 4. The number of para-hydroxylation sites is 1. The van der Waals surface area contributed by atoms with Crippen LogP contribution in [0.3, 0.4) is 0 Å². The number of rotatable bonds is 12. The van der Waals surface area contributed by atoms with Crippen LogP contribution in [0.5, 0.6) is 0 Å². The largest absolute Gasteiger partial charge is 0.368 e. The summed E-state index contributed by atoms with van der Waals surface area (Å²) in [6.07, 6.45) is 11.9. The number of carbonyl (C=O) groups excluding carboxylic acids is 4. The van der Waals surface area contributed by atoms with E-state index in [-0.39, 0.29) is 30.5 Å². The van der Waals surface area contributed by atoms with Crippen molar-refractivity contribution in [2.75, 3.05) is 18.5 Å². The predicted molar refractivity (Wildman–Crippen MR) is 217 cm³/mol. The average Bonchev–Trinajstić information content (AvgIpc) is 3.82. The number of aromatic nitrogens is 1. The van der Waals surface area contributed by atoms with Gasteiger partial charge in [-0.1, -0.05) is 80.6 Å². The SMILES string of the molecule is CN1C[C@H](C(=O)N[C@@H](CCC2CCCCC2)C(=O)N[C@@H](Cc2ccc([N+](=O)[O-])cc2)C(=O)N2c3ccccc3C[C@H]2C(N)=O)C=C2c3cccc4[nH]cc(c34)C[C@H]21. The molecule has 4 aliphatic rings. The van der Waals surface area contributed by atoms with Crippen molar-refractivity contribution < 1.29 is 24.1 Å². The minimum Gasteiger partial charge on any atom is -0.368 e. The van der Waals surface area contributed by atoms with Gasteiger partial charge in [-0.2, -0.15) is 0 Å². The van der Waals surface area contributed by atoms with Gasteiger partial charge in [-0.3, -0.25) is 39.1 Å². The van der Waals surface area contributed by atoms with Crippen LogP contribution in [0.25, 0.3) is 16.5 Å². The Morgan fingerprint density at radius 3 is 2.46 bits per heavy atom. The van der Waals surface area contributed by atoms with Crippen LogP contribution in [0.2, 0.25) is 0 Å². The van der Waals surface area contributed by atoms with Crippen molar-refractivity contribution in [3.05, 3.63) is 111 Å². The molecule has 296 valence electrons. The van der Waals surface area contributed by atoms with Crippen molar-refractivity contribution in [2.24, 2.45) is 17.6 Å². The van der Waals surface area contributed by atoms with Gasteiger partial charge in [0.15, 0.2) is 0 Å². The molecule has 2 aliphatic heterocycles. The highest BCUT2D eigenvalue weighted by molar-refractivity contribution is 6.07. The lowest BCUT2D eigenvalue weighted by atomic mass is 9.79. The molecule has 3 aromatic carbocycles. The first-order valence-corrected chi connectivity index (χ1v) is 20.1. The Bertz CT molecular complexity index is 2240. The maximum absolute atomic E-state index is 14.6. The molecule has 5 atom stereocenters. The van der Waals surface area contributed by atoms with Crippen molar-refractivity contribution in [2.45, 2.75) is 88.4 Å². The fraction of sp³-hybridized carbons (Fsp3) is 0.409. The van der Waals surface area contributed by atoms with Crippen LogP contribution in [0.4, 0.5) is 11.4 Å². The van der Waals surface area contributed by atoms with E-state index < -0.39 is 46.7 Å². The highest BCUT2D eigenvalue weighted by Crippen LogP contribution is 2.41. The van der Waals surface area contributed by atoms with Gasteiger partial charge in [0.05, 0.1) is 10.8 Å². The number of anilines is 1. The molecule has 0 radical (unpaired) electrons. The average molecular weight is 772 g/mol. The number of fused-ring (bicyclic) bond motifs is 3. The highest BCUT2D eigenvalue weighted by Gasteiger charge is 2.42. The van der Waals surface area contributed by atoms with E-state index in [0.717, 1.165) is 60.7 Å². The Kier molecular flexibility index (Phi) is 10.7. The van der Waals surface area contributed by atoms with Crippen molar-refractivity contribution in [3.63, 3.8) is 0 Å². The fourth-order valence-electron chi connectivity index (χ4n) is 9.56. The minimum atomic E-state index is -1.18. The van der Waals surface area contributed by atoms with E-state index >= 15 is 0 Å². The second kappa shape index (κ2) is 16.0. The Morgan fingerprint density at radius 1 is 0.930 bits per heavy atom. The number of amides is 4. The number of nitrogens with zero attached hydrogens (tertiary/aromatic N) is 3. The molecule has 4 aromatic rings. The summed E-state index contributed by atoms with van der Waals surface area (Å²) in [6.45, 7) is 0.483. The summed E-state index contributed by atoms with van der Waals surface area (Å²) < 4.78 is 0. The first-order valence-electron chi connectivity index (χ1n) is 20.1. The second-order valence-electron chi connectivity index (χ2n) is 16.2. The van der Waals surface area contributed by atoms with Gasteiger partial charge in [-0.05, 0) is 72.2 Å². The lowest BCUT2D eigenvalue weighted by molar-refractivity contribution is -0.384. The third-order valence-electron chi connectivity index (χ3n) is 12.6. The molecule has 8 rings (SSSR count). The zero-order chi connectivity index (χ0) is 39.8. The number of nitro benzene ring substituents is 1. The van der Waals surface area contributed by atoms with Crippen LogP contribution >= 0.6 is 0 Å². The lowest BCUT2D eigenvalue weighted by Crippen LogP contribution is -2.58. The second-order valence-corrected chi connectivity index (χ2v) is 16.2. The van der Waals surface area contributed by atoms with Crippen LogP contribution in [-0.4, -0.2) is 76.2 Å². The molecular weight excluding hydrogens is 723 g/mol. The summed E-state index contributed by atoms with van der Waals surface area (Å²) >= 11 is 0. The van der Waals surface area contributed by atoms with Gasteiger partial charge in [0, 0.05) is 60.3 Å². The topological polar surface area (TPSA) is 184 Å². The molecule has 3 heterocycles. The van der Waals surface area contributed by atoms with Gasteiger partial charge in [-0.15, -0.1) is 0 Å². The third kappa shape index (κ3) is 7.68. The van der Waals surface area contributed by atoms with Crippen LogP contribution in [0, 0.1) is 22.0 Å². The van der Waals surface area contributed by atoms with Gasteiger partial charge in [0.2, 0.25) is 17.7 Å². The van der Waals surface area contributed by atoms with E-state index in [1.54, 1.807) is 24.3 Å². The molecule has 4 amide bonds. The van der Waals surface area contributed by atoms with E-state index in [9.17, 15) is 29.3 Å². The maximum Gasteiger partial charge on any atom is 0.269 e. The van der Waals surface area contributed by atoms with E-state index in [2.05, 4.69) is 44.9 Å². The van der Waals surface area contributed by atoms with Crippen molar-refractivity contribution in [1.82, 2.24) is 20.5 Å². The molecule has 1 saturated carbocycles. The number of aromatic amines is 1. The maximum atomic E-state index is 14.6. The number of benzene rings is 3. The zero-order valence-electron chi connectivity index (χ0n) is 32.1. The van der Waals surface area contributed by atoms with E-state index in [1.165, 1.54) is 34.4 Å². The number of nitro groups is 1. The van der Waals surface area contributed by atoms with E-state index in [4.69, 9.17) is 5.73 Å². The number of likely N-dealkylation sites (N-methyl/N-ethyl adjacent to an activating group) is 1. The molecule has 0 saturated heterocycles. The Balaban J connectivity index is 1.08. The molecule has 0 spiro atoms. The van der Waals surface area contributed by atoms with Gasteiger partial charge < -0.3 is 21.4 Å². The summed E-state index contributed by atoms with van der Waals surface area (Å²) in [6, 6.07) is 16.3.